The van der Waals surface area contributed by atoms with Crippen LogP contribution in [0.15, 0.2) is 9.85 Å². The van der Waals surface area contributed by atoms with E-state index in [1.807, 2.05) is 19.9 Å². The summed E-state index contributed by atoms with van der Waals surface area (Å²) in [6.07, 6.45) is 2.12. The van der Waals surface area contributed by atoms with Crippen LogP contribution in [0.1, 0.15) is 41.9 Å². The molecular weight excluding hydrogens is 274 g/mol. The fourth-order valence-electron chi connectivity index (χ4n) is 1.46. The maximum atomic E-state index is 11.8. The van der Waals surface area contributed by atoms with Gasteiger partial charge in [-0.15, -0.1) is 11.3 Å². The molecule has 0 saturated heterocycles. The van der Waals surface area contributed by atoms with Crippen LogP contribution in [-0.2, 0) is 0 Å². The number of halogens is 1. The highest BCUT2D eigenvalue weighted by atomic mass is 79.9. The molecule has 1 aromatic rings. The van der Waals surface area contributed by atoms with Crippen molar-refractivity contribution < 1.29 is 4.79 Å². The molecule has 84 valence electrons. The molecule has 0 bridgehead atoms. The second kappa shape index (κ2) is 5.66. The van der Waals surface area contributed by atoms with E-state index in [2.05, 4.69) is 28.2 Å². The molecule has 1 unspecified atom stereocenters. The summed E-state index contributed by atoms with van der Waals surface area (Å²) in [5, 5.41) is 3.00. The molecule has 0 aromatic carbocycles. The van der Waals surface area contributed by atoms with E-state index < -0.39 is 0 Å². The van der Waals surface area contributed by atoms with Crippen molar-refractivity contribution in [1.82, 2.24) is 5.32 Å². The van der Waals surface area contributed by atoms with E-state index in [0.717, 1.165) is 27.1 Å². The molecule has 1 atom stereocenters. The van der Waals surface area contributed by atoms with Gasteiger partial charge in [-0.1, -0.05) is 13.3 Å². The lowest BCUT2D eigenvalue weighted by molar-refractivity contribution is 0.0942. The Labute approximate surface area is 103 Å². The van der Waals surface area contributed by atoms with Crippen molar-refractivity contribution in [3.05, 3.63) is 20.3 Å². The van der Waals surface area contributed by atoms with Gasteiger partial charge in [0.2, 0.25) is 0 Å². The Morgan fingerprint density at radius 3 is 2.80 bits per heavy atom. The SMILES string of the molecule is CCCC(C)NC(=O)c1sc(Br)cc1C. The summed E-state index contributed by atoms with van der Waals surface area (Å²) >= 11 is 4.87. The zero-order chi connectivity index (χ0) is 11.4. The third kappa shape index (κ3) is 3.61. The van der Waals surface area contributed by atoms with Crippen LogP contribution in [-0.4, -0.2) is 11.9 Å². The largest absolute Gasteiger partial charge is 0.349 e. The molecular formula is C11H16BrNOS. The Bertz CT molecular complexity index is 348. The number of nitrogens with one attached hydrogen (secondary N) is 1. The summed E-state index contributed by atoms with van der Waals surface area (Å²) in [4.78, 5) is 12.7. The number of hydrogen-bond acceptors (Lipinski definition) is 2. The van der Waals surface area contributed by atoms with Crippen molar-refractivity contribution in [3.63, 3.8) is 0 Å². The number of amides is 1. The monoisotopic (exact) mass is 289 g/mol. The fraction of sp³-hybridized carbons (Fsp3) is 0.545. The smallest absolute Gasteiger partial charge is 0.261 e. The minimum atomic E-state index is 0.0455. The van der Waals surface area contributed by atoms with Gasteiger partial charge in [0.15, 0.2) is 0 Å². The minimum Gasteiger partial charge on any atom is -0.349 e. The summed E-state index contributed by atoms with van der Waals surface area (Å²) in [5.74, 6) is 0.0455. The van der Waals surface area contributed by atoms with Crippen molar-refractivity contribution >= 4 is 33.2 Å². The van der Waals surface area contributed by atoms with Gasteiger partial charge in [-0.2, -0.15) is 0 Å². The van der Waals surface area contributed by atoms with Gasteiger partial charge in [-0.05, 0) is 47.8 Å². The first kappa shape index (κ1) is 12.7. The maximum absolute atomic E-state index is 11.8. The summed E-state index contributed by atoms with van der Waals surface area (Å²) in [6.45, 7) is 6.12. The van der Waals surface area contributed by atoms with Crippen molar-refractivity contribution in [1.29, 1.82) is 0 Å². The highest BCUT2D eigenvalue weighted by Gasteiger charge is 2.14. The lowest BCUT2D eigenvalue weighted by Gasteiger charge is -2.11. The van der Waals surface area contributed by atoms with Crippen molar-refractivity contribution in [2.24, 2.45) is 0 Å². The first-order chi connectivity index (χ1) is 7.04. The topological polar surface area (TPSA) is 29.1 Å². The molecule has 0 aliphatic rings. The summed E-state index contributed by atoms with van der Waals surface area (Å²) in [6, 6.07) is 2.23. The molecule has 0 radical (unpaired) electrons. The van der Waals surface area contributed by atoms with Gasteiger partial charge in [0.25, 0.3) is 5.91 Å². The lowest BCUT2D eigenvalue weighted by atomic mass is 10.2. The highest BCUT2D eigenvalue weighted by Crippen LogP contribution is 2.26. The molecule has 1 N–H and O–H groups in total. The van der Waals surface area contributed by atoms with Crippen LogP contribution in [0.3, 0.4) is 0 Å². The Balaban J connectivity index is 2.65. The van der Waals surface area contributed by atoms with Crippen LogP contribution in [0, 0.1) is 6.92 Å². The number of aryl methyl sites for hydroxylation is 1. The van der Waals surface area contributed by atoms with E-state index in [0.29, 0.717) is 0 Å². The standard InChI is InChI=1S/C11H16BrNOS/c1-4-5-8(3)13-11(14)10-7(2)6-9(12)15-10/h6,8H,4-5H2,1-3H3,(H,13,14). The first-order valence-corrected chi connectivity index (χ1v) is 6.72. The van der Waals surface area contributed by atoms with Crippen molar-refractivity contribution in [2.75, 3.05) is 0 Å². The van der Waals surface area contributed by atoms with E-state index in [1.54, 1.807) is 0 Å². The molecule has 0 saturated carbocycles. The molecule has 1 aromatic heterocycles. The number of thiophene rings is 1. The average Bonchev–Trinajstić information content (AvgIpc) is 2.45. The second-order valence-electron chi connectivity index (χ2n) is 3.73. The van der Waals surface area contributed by atoms with Gasteiger partial charge in [0.05, 0.1) is 8.66 Å². The fourth-order valence-corrected chi connectivity index (χ4v) is 3.09. The molecule has 0 fully saturated rings. The predicted molar refractivity (Wildman–Crippen MR) is 68.6 cm³/mol. The van der Waals surface area contributed by atoms with Gasteiger partial charge in [-0.25, -0.2) is 0 Å². The normalized spacial score (nSPS) is 12.5. The third-order valence-electron chi connectivity index (χ3n) is 2.19. The number of hydrogen-bond donors (Lipinski definition) is 1. The Morgan fingerprint density at radius 1 is 1.67 bits per heavy atom. The summed E-state index contributed by atoms with van der Waals surface area (Å²) < 4.78 is 1.01. The van der Waals surface area contributed by atoms with Gasteiger partial charge < -0.3 is 5.32 Å². The number of carbonyl (C=O) groups excluding carboxylic acids is 1. The minimum absolute atomic E-state index is 0.0455. The van der Waals surface area contributed by atoms with E-state index in [-0.39, 0.29) is 11.9 Å². The molecule has 2 nitrogen and oxygen atoms in total. The van der Waals surface area contributed by atoms with Gasteiger partial charge >= 0.3 is 0 Å². The van der Waals surface area contributed by atoms with Crippen LogP contribution < -0.4 is 5.32 Å². The average molecular weight is 290 g/mol. The van der Waals surface area contributed by atoms with Crippen LogP contribution >= 0.6 is 27.3 Å². The van der Waals surface area contributed by atoms with Crippen molar-refractivity contribution in [2.45, 2.75) is 39.7 Å². The van der Waals surface area contributed by atoms with Crippen LogP contribution in [0.25, 0.3) is 0 Å². The Morgan fingerprint density at radius 2 is 2.33 bits per heavy atom. The van der Waals surface area contributed by atoms with Crippen molar-refractivity contribution in [3.8, 4) is 0 Å². The highest BCUT2D eigenvalue weighted by molar-refractivity contribution is 9.11. The van der Waals surface area contributed by atoms with Crippen LogP contribution in [0.5, 0.6) is 0 Å². The zero-order valence-corrected chi connectivity index (χ0v) is 11.7. The third-order valence-corrected chi connectivity index (χ3v) is 3.93. The second-order valence-corrected chi connectivity index (χ2v) is 6.16. The Hall–Kier alpha value is -0.350. The van der Waals surface area contributed by atoms with Gasteiger partial charge in [0.1, 0.15) is 0 Å². The maximum Gasteiger partial charge on any atom is 0.261 e. The number of carbonyl (C=O) groups is 1. The Kier molecular flexibility index (Phi) is 4.80. The van der Waals surface area contributed by atoms with Gasteiger partial charge in [0, 0.05) is 6.04 Å². The molecule has 1 heterocycles. The molecule has 0 aliphatic carbocycles. The quantitative estimate of drug-likeness (QED) is 0.899. The molecule has 1 amide bonds. The first-order valence-electron chi connectivity index (χ1n) is 5.11. The predicted octanol–water partition coefficient (Wildman–Crippen LogP) is 3.74. The molecule has 1 rings (SSSR count). The molecule has 0 aliphatic heterocycles. The summed E-state index contributed by atoms with van der Waals surface area (Å²) in [7, 11) is 0. The lowest BCUT2D eigenvalue weighted by Crippen LogP contribution is -2.32. The molecule has 0 spiro atoms. The molecule has 4 heteroatoms. The van der Waals surface area contributed by atoms with E-state index >= 15 is 0 Å². The molecule has 15 heavy (non-hydrogen) atoms. The number of rotatable bonds is 4. The zero-order valence-electron chi connectivity index (χ0n) is 9.26. The van der Waals surface area contributed by atoms with E-state index in [1.165, 1.54) is 11.3 Å². The summed E-state index contributed by atoms with van der Waals surface area (Å²) in [5.41, 5.74) is 1.04. The van der Waals surface area contributed by atoms with Crippen LogP contribution in [0.2, 0.25) is 0 Å². The van der Waals surface area contributed by atoms with E-state index in [4.69, 9.17) is 0 Å². The van der Waals surface area contributed by atoms with Crippen LogP contribution in [0.4, 0.5) is 0 Å². The van der Waals surface area contributed by atoms with Gasteiger partial charge in [-0.3, -0.25) is 4.79 Å². The van der Waals surface area contributed by atoms with E-state index in [9.17, 15) is 4.79 Å².